The van der Waals surface area contributed by atoms with Crippen molar-refractivity contribution in [2.24, 2.45) is 17.8 Å². The molecule has 0 radical (unpaired) electrons. The maximum absolute atomic E-state index is 13.6. The number of aromatic nitrogens is 4. The number of fused-ring (bicyclic) bond motifs is 2. The van der Waals surface area contributed by atoms with Crippen LogP contribution in [0.2, 0.25) is 0 Å². The summed E-state index contributed by atoms with van der Waals surface area (Å²) in [6.45, 7) is 8.76. The van der Waals surface area contributed by atoms with E-state index in [4.69, 9.17) is 18.9 Å². The van der Waals surface area contributed by atoms with Crippen LogP contribution in [0.15, 0.2) is 48.8 Å². The summed E-state index contributed by atoms with van der Waals surface area (Å²) < 4.78 is 22.1. The van der Waals surface area contributed by atoms with Gasteiger partial charge in [-0.15, -0.1) is 0 Å². The Balaban J connectivity index is 1.03. The van der Waals surface area contributed by atoms with Crippen LogP contribution in [0.4, 0.5) is 9.59 Å². The van der Waals surface area contributed by atoms with Crippen molar-refractivity contribution in [3.63, 3.8) is 0 Å². The average molecular weight is 769 g/mol. The van der Waals surface area contributed by atoms with Crippen LogP contribution in [0.5, 0.6) is 23.0 Å². The van der Waals surface area contributed by atoms with Gasteiger partial charge in [0.05, 0.1) is 56.1 Å². The van der Waals surface area contributed by atoms with Gasteiger partial charge in [0.1, 0.15) is 17.7 Å². The number of aromatic amines is 2. The first-order valence-electron chi connectivity index (χ1n) is 19.0. The predicted octanol–water partition coefficient (Wildman–Crippen LogP) is 6.01. The number of nitrogens with one attached hydrogen (secondary N) is 5. The van der Waals surface area contributed by atoms with Gasteiger partial charge in [-0.3, -0.25) is 9.59 Å². The molecule has 16 nitrogen and oxygen atoms in total. The number of methoxy groups -OCH3 is 2. The highest BCUT2D eigenvalue weighted by molar-refractivity contribution is 5.90. The highest BCUT2D eigenvalue weighted by Gasteiger charge is 2.41. The van der Waals surface area contributed by atoms with E-state index in [2.05, 4.69) is 35.9 Å². The van der Waals surface area contributed by atoms with Crippen LogP contribution in [-0.4, -0.2) is 88.1 Å². The zero-order valence-electron chi connectivity index (χ0n) is 32.3. The third-order valence-corrected chi connectivity index (χ3v) is 10.7. The average Bonchev–Trinajstić information content (AvgIpc) is 4.03. The van der Waals surface area contributed by atoms with E-state index < -0.39 is 24.3 Å². The smallest absolute Gasteiger partial charge is 0.407 e. The molecule has 16 heteroatoms. The lowest BCUT2D eigenvalue weighted by Gasteiger charge is -2.30. The number of ketones is 1. The summed E-state index contributed by atoms with van der Waals surface area (Å²) >= 11 is 0. The van der Waals surface area contributed by atoms with Crippen LogP contribution in [0.1, 0.15) is 70.7 Å². The number of carbonyl (C=O) groups excluding carboxylic acids is 4. The zero-order valence-corrected chi connectivity index (χ0v) is 32.3. The van der Waals surface area contributed by atoms with Gasteiger partial charge in [0.25, 0.3) is 0 Å². The molecule has 4 aromatic rings. The van der Waals surface area contributed by atoms with Crippen molar-refractivity contribution in [1.29, 1.82) is 0 Å². The second kappa shape index (κ2) is 16.1. The number of H-pyrrole nitrogens is 2. The molecule has 2 aromatic heterocycles. The molecule has 0 bridgehead atoms. The number of alkyl carbamates (subject to hydrolysis) is 2. The van der Waals surface area contributed by atoms with Gasteiger partial charge >= 0.3 is 12.2 Å². The number of ether oxygens (including phenoxy) is 4. The lowest BCUT2D eigenvalue weighted by Crippen LogP contribution is -2.51. The summed E-state index contributed by atoms with van der Waals surface area (Å²) in [5.74, 6) is 2.62. The largest absolute Gasteiger partial charge is 0.453 e. The topological polar surface area (TPSA) is 202 Å². The molecule has 7 rings (SSSR count). The van der Waals surface area contributed by atoms with Crippen molar-refractivity contribution in [2.75, 3.05) is 27.3 Å². The Hall–Kier alpha value is -5.90. The molecule has 5 N–H and O–H groups in total. The summed E-state index contributed by atoms with van der Waals surface area (Å²) in [5, 5.41) is 8.78. The van der Waals surface area contributed by atoms with Crippen LogP contribution in [0.25, 0.3) is 22.5 Å². The molecule has 2 fully saturated rings. The second-order valence-electron chi connectivity index (χ2n) is 15.0. The Labute approximate surface area is 324 Å². The first kappa shape index (κ1) is 38.4. The van der Waals surface area contributed by atoms with E-state index >= 15 is 0 Å². The number of imidazole rings is 2. The first-order valence-corrected chi connectivity index (χ1v) is 19.0. The number of carbonyl (C=O) groups is 4. The van der Waals surface area contributed by atoms with Crippen LogP contribution in [-0.2, 0) is 19.1 Å². The Morgan fingerprint density at radius 3 is 1.89 bits per heavy atom. The van der Waals surface area contributed by atoms with E-state index in [0.29, 0.717) is 54.2 Å². The van der Waals surface area contributed by atoms with Gasteiger partial charge in [-0.05, 0) is 74.0 Å². The maximum Gasteiger partial charge on any atom is 0.407 e. The maximum atomic E-state index is 13.6. The van der Waals surface area contributed by atoms with E-state index in [9.17, 15) is 19.2 Å². The van der Waals surface area contributed by atoms with Crippen molar-refractivity contribution in [3.8, 4) is 45.5 Å². The van der Waals surface area contributed by atoms with Crippen molar-refractivity contribution < 1.29 is 38.1 Å². The molecule has 2 saturated heterocycles. The highest BCUT2D eigenvalue weighted by Crippen LogP contribution is 2.48. The molecule has 2 aromatic carbocycles. The number of nitrogens with zero attached hydrogens (tertiary/aromatic N) is 3. The van der Waals surface area contributed by atoms with Gasteiger partial charge < -0.3 is 49.8 Å². The summed E-state index contributed by atoms with van der Waals surface area (Å²) in [6.07, 6.45) is 4.38. The molecular weight excluding hydrogens is 720 g/mol. The molecule has 3 aliphatic heterocycles. The molecule has 1 unspecified atom stereocenters. The van der Waals surface area contributed by atoms with Gasteiger partial charge in [0.2, 0.25) is 5.91 Å². The number of likely N-dealkylation sites (tertiary alicyclic amines) is 1. The van der Waals surface area contributed by atoms with Gasteiger partial charge in [0.15, 0.2) is 28.8 Å². The number of rotatable bonds is 11. The molecule has 0 aliphatic carbocycles. The monoisotopic (exact) mass is 768 g/mol. The Morgan fingerprint density at radius 1 is 0.768 bits per heavy atom. The van der Waals surface area contributed by atoms with Crippen molar-refractivity contribution in [2.45, 2.75) is 71.1 Å². The van der Waals surface area contributed by atoms with Gasteiger partial charge in [-0.25, -0.2) is 19.6 Å². The first-order chi connectivity index (χ1) is 26.9. The van der Waals surface area contributed by atoms with Crippen LogP contribution in [0.3, 0.4) is 0 Å². The Bertz CT molecular complexity index is 1960. The number of benzene rings is 2. The van der Waals surface area contributed by atoms with E-state index in [-0.39, 0.29) is 41.5 Å². The third-order valence-electron chi connectivity index (χ3n) is 10.7. The van der Waals surface area contributed by atoms with Gasteiger partial charge in [0, 0.05) is 23.6 Å². The van der Waals surface area contributed by atoms with Gasteiger partial charge in [-0.2, -0.15) is 0 Å². The number of Topliss-reactive ketones (excluding diaryl/α,β-unsaturated/α-hetero) is 1. The fourth-order valence-corrected chi connectivity index (χ4v) is 7.68. The Kier molecular flexibility index (Phi) is 11.0. The van der Waals surface area contributed by atoms with E-state index in [1.165, 1.54) is 14.2 Å². The second-order valence-corrected chi connectivity index (χ2v) is 15.0. The molecule has 0 spiro atoms. The van der Waals surface area contributed by atoms with Crippen molar-refractivity contribution in [1.82, 2.24) is 40.8 Å². The summed E-state index contributed by atoms with van der Waals surface area (Å²) in [7, 11) is 2.56. The minimum absolute atomic E-state index is 0.0638. The quantitative estimate of drug-likeness (QED) is 0.105. The predicted molar refractivity (Wildman–Crippen MR) is 204 cm³/mol. The molecule has 5 atom stereocenters. The van der Waals surface area contributed by atoms with Crippen molar-refractivity contribution in [3.05, 3.63) is 60.4 Å². The van der Waals surface area contributed by atoms with Crippen molar-refractivity contribution >= 4 is 23.9 Å². The molecule has 56 heavy (non-hydrogen) atoms. The summed E-state index contributed by atoms with van der Waals surface area (Å²) in [4.78, 5) is 69.0. The third kappa shape index (κ3) is 7.65. The lowest BCUT2D eigenvalue weighted by molar-refractivity contribution is -0.135. The van der Waals surface area contributed by atoms with Crippen LogP contribution >= 0.6 is 0 Å². The fraction of sp³-hybridized carbons (Fsp3) is 0.450. The lowest BCUT2D eigenvalue weighted by atomic mass is 9.86. The van der Waals surface area contributed by atoms with E-state index in [1.807, 2.05) is 64.1 Å². The zero-order chi connectivity index (χ0) is 39.7. The Morgan fingerprint density at radius 2 is 1.32 bits per heavy atom. The summed E-state index contributed by atoms with van der Waals surface area (Å²) in [5.41, 5.74) is 3.16. The number of hydrogen-bond donors (Lipinski definition) is 5. The molecule has 296 valence electrons. The molecular formula is C40H48N8O8. The minimum Gasteiger partial charge on any atom is -0.453 e. The number of amides is 3. The fourth-order valence-electron chi connectivity index (χ4n) is 7.68. The standard InChI is InChI=1S/C40H48N8O8/c1-20(2)32(46-39(51)53-5)35(49)24-13-14-41-34(24)37-43-19-26(45-37)23-10-12-29-31(17-23)56-28-11-9-22(16-30(28)55-29)25-18-42-36(44-25)27-8-7-15-48(27)38(50)33(21(3)4)47-40(52)54-6/h9-12,16-21,24,27,32-34,41H,7-8,13-15H2,1-6H3,(H,42,44)(H,43,45)(H,46,51)(H,47,52)/t24?,27-,32-,33-,34+/m0/s1. The normalized spacial score (nSPS) is 19.7. The molecule has 0 saturated carbocycles. The highest BCUT2D eigenvalue weighted by atomic mass is 16.6. The van der Waals surface area contributed by atoms with Crippen LogP contribution < -0.4 is 25.4 Å². The molecule has 3 amide bonds. The SMILES string of the molecule is COC(=O)N[C@H](C(=O)C1CCN[C@H]1c1ncc(-c2ccc3c(c2)Oc2ccc(-c4cnc([C@@H]5CCCN5C(=O)[C@@H](NC(=O)OC)C(C)C)[nH]4)cc2O3)[nH]1)C(C)C. The van der Waals surface area contributed by atoms with Crippen LogP contribution in [0, 0.1) is 17.8 Å². The molecule has 3 aliphatic rings. The molecule has 5 heterocycles. The van der Waals surface area contributed by atoms with E-state index in [1.54, 1.807) is 17.3 Å². The van der Waals surface area contributed by atoms with E-state index in [0.717, 1.165) is 35.4 Å². The van der Waals surface area contributed by atoms with Gasteiger partial charge in [-0.1, -0.05) is 27.7 Å². The number of hydrogen-bond acceptors (Lipinski definition) is 11. The summed E-state index contributed by atoms with van der Waals surface area (Å²) in [6, 6.07) is 9.28. The minimum atomic E-state index is -0.715.